The Hall–Kier alpha value is -2.48. The first kappa shape index (κ1) is 13.0. The van der Waals surface area contributed by atoms with E-state index >= 15 is 0 Å². The fourth-order valence-corrected chi connectivity index (χ4v) is 1.96. The molecule has 0 radical (unpaired) electrons. The average Bonchev–Trinajstić information content (AvgIpc) is 2.41. The zero-order chi connectivity index (χ0) is 13.8. The zero-order valence-electron chi connectivity index (χ0n) is 10.5. The van der Waals surface area contributed by atoms with Crippen LogP contribution < -0.4 is 4.74 Å². The van der Waals surface area contributed by atoms with Gasteiger partial charge in [-0.05, 0) is 12.1 Å². The number of rotatable bonds is 4. The van der Waals surface area contributed by atoms with Crippen LogP contribution in [0.15, 0.2) is 30.3 Å². The van der Waals surface area contributed by atoms with E-state index in [0.29, 0.717) is 10.5 Å². The van der Waals surface area contributed by atoms with Crippen LogP contribution in [0.25, 0.3) is 0 Å². The van der Waals surface area contributed by atoms with Crippen molar-refractivity contribution in [3.63, 3.8) is 0 Å². The van der Waals surface area contributed by atoms with Gasteiger partial charge in [0, 0.05) is 0 Å². The molecule has 0 aliphatic carbocycles. The first-order chi connectivity index (χ1) is 9.13. The Morgan fingerprint density at radius 1 is 1.53 bits per heavy atom. The van der Waals surface area contributed by atoms with E-state index in [1.807, 2.05) is 18.2 Å². The van der Waals surface area contributed by atoms with Crippen LogP contribution in [0, 0.1) is 17.6 Å². The van der Waals surface area contributed by atoms with Crippen molar-refractivity contribution in [3.05, 3.63) is 35.5 Å². The van der Waals surface area contributed by atoms with Crippen LogP contribution in [0.4, 0.5) is 0 Å². The number of carbonyl (C=O) groups is 1. The summed E-state index contributed by atoms with van der Waals surface area (Å²) in [7, 11) is 1.36. The predicted molar refractivity (Wildman–Crippen MR) is 70.8 cm³/mol. The van der Waals surface area contributed by atoms with Gasteiger partial charge in [0.05, 0.1) is 6.54 Å². The SMILES string of the molecule is C#CCN1C(=O)[C@H](Oc2ccccc2)[C@@H]1/C=[N+](\C)[O-]. The van der Waals surface area contributed by atoms with Gasteiger partial charge in [0.2, 0.25) is 6.10 Å². The topological polar surface area (TPSA) is 55.6 Å². The summed E-state index contributed by atoms with van der Waals surface area (Å²) in [6.07, 6.45) is 5.90. The number of nitrogens with zero attached hydrogens (tertiary/aromatic N) is 2. The summed E-state index contributed by atoms with van der Waals surface area (Å²) in [5.41, 5.74) is 0. The molecule has 1 heterocycles. The molecule has 1 aliphatic rings. The third kappa shape index (κ3) is 2.68. The number of benzene rings is 1. The number of hydroxylamine groups is 1. The minimum absolute atomic E-state index is 0.169. The summed E-state index contributed by atoms with van der Waals surface area (Å²) in [6, 6.07) is 8.58. The van der Waals surface area contributed by atoms with Gasteiger partial charge in [-0.25, -0.2) is 4.74 Å². The molecular formula is C14H14N2O3. The summed E-state index contributed by atoms with van der Waals surface area (Å²) < 4.78 is 6.25. The van der Waals surface area contributed by atoms with Crippen molar-refractivity contribution >= 4 is 12.1 Å². The Morgan fingerprint density at radius 2 is 2.21 bits per heavy atom. The van der Waals surface area contributed by atoms with Crippen molar-refractivity contribution in [3.8, 4) is 18.1 Å². The maximum Gasteiger partial charge on any atom is 0.268 e. The highest BCUT2D eigenvalue weighted by atomic mass is 16.5. The molecule has 2 rings (SSSR count). The van der Waals surface area contributed by atoms with Gasteiger partial charge in [-0.15, -0.1) is 6.42 Å². The predicted octanol–water partition coefficient (Wildman–Crippen LogP) is 0.489. The average molecular weight is 258 g/mol. The molecule has 1 aromatic carbocycles. The van der Waals surface area contributed by atoms with Crippen LogP contribution in [0.5, 0.6) is 5.75 Å². The molecule has 1 aromatic rings. The Morgan fingerprint density at radius 3 is 2.79 bits per heavy atom. The molecule has 0 unspecified atom stereocenters. The normalized spacial score (nSPS) is 22.6. The van der Waals surface area contributed by atoms with Gasteiger partial charge < -0.3 is 14.8 Å². The summed E-state index contributed by atoms with van der Waals surface area (Å²) in [6.45, 7) is 0.169. The third-order valence-corrected chi connectivity index (χ3v) is 2.83. The summed E-state index contributed by atoms with van der Waals surface area (Å²) in [4.78, 5) is 13.3. The Balaban J connectivity index is 2.13. The van der Waals surface area contributed by atoms with Crippen LogP contribution in [0.1, 0.15) is 0 Å². The first-order valence-electron chi connectivity index (χ1n) is 5.84. The fourth-order valence-electron chi connectivity index (χ4n) is 1.96. The maximum atomic E-state index is 11.9. The molecule has 2 atom stereocenters. The molecule has 5 nitrogen and oxygen atoms in total. The minimum atomic E-state index is -0.688. The van der Waals surface area contributed by atoms with Gasteiger partial charge in [-0.1, -0.05) is 24.1 Å². The zero-order valence-corrected chi connectivity index (χ0v) is 10.5. The second kappa shape index (κ2) is 5.44. The van der Waals surface area contributed by atoms with Crippen LogP contribution in [-0.4, -0.2) is 47.5 Å². The number of β-lactam (4-membered cyclic amide) rings is 1. The molecule has 0 aromatic heterocycles. The minimum Gasteiger partial charge on any atom is -0.624 e. The number of para-hydroxylation sites is 1. The fraction of sp³-hybridized carbons (Fsp3) is 0.286. The molecule has 19 heavy (non-hydrogen) atoms. The van der Waals surface area contributed by atoms with Crippen LogP contribution >= 0.6 is 0 Å². The standard InChI is InChI=1S/C14H14N2O3/c1-3-9-16-12(10-15(2)18)13(14(16)17)19-11-7-5-4-6-8-11/h1,4-8,10,12-13H,9H2,2H3/b15-10+/t12-,13+/m0/s1. The van der Waals surface area contributed by atoms with Crippen molar-refractivity contribution in [2.24, 2.45) is 0 Å². The van der Waals surface area contributed by atoms with Crippen LogP contribution in [0.3, 0.4) is 0 Å². The molecule has 0 saturated carbocycles. The van der Waals surface area contributed by atoms with Crippen molar-refractivity contribution in [2.75, 3.05) is 13.6 Å². The lowest BCUT2D eigenvalue weighted by molar-refractivity contribution is -0.420. The van der Waals surface area contributed by atoms with E-state index in [2.05, 4.69) is 5.92 Å². The van der Waals surface area contributed by atoms with E-state index < -0.39 is 12.1 Å². The van der Waals surface area contributed by atoms with Crippen LogP contribution in [-0.2, 0) is 4.79 Å². The lowest BCUT2D eigenvalue weighted by atomic mass is 9.99. The maximum absolute atomic E-state index is 11.9. The van der Waals surface area contributed by atoms with Gasteiger partial charge >= 0.3 is 0 Å². The second-order valence-corrected chi connectivity index (χ2v) is 4.21. The molecule has 0 bridgehead atoms. The second-order valence-electron chi connectivity index (χ2n) is 4.21. The van der Waals surface area contributed by atoms with Crippen molar-refractivity contribution in [1.29, 1.82) is 0 Å². The molecule has 1 amide bonds. The van der Waals surface area contributed by atoms with E-state index in [9.17, 15) is 10.0 Å². The number of ether oxygens (including phenoxy) is 1. The Labute approximate surface area is 111 Å². The van der Waals surface area contributed by atoms with Gasteiger partial charge in [-0.2, -0.15) is 0 Å². The number of hydrogen-bond donors (Lipinski definition) is 0. The highest BCUT2D eigenvalue weighted by molar-refractivity contribution is 5.95. The van der Waals surface area contributed by atoms with Crippen molar-refractivity contribution in [1.82, 2.24) is 4.90 Å². The Bertz CT molecular complexity index is 529. The number of carbonyl (C=O) groups excluding carboxylic acids is 1. The number of hydrogen-bond acceptors (Lipinski definition) is 3. The largest absolute Gasteiger partial charge is 0.624 e. The molecule has 5 heteroatoms. The monoisotopic (exact) mass is 258 g/mol. The van der Waals surface area contributed by atoms with Crippen LogP contribution in [0.2, 0.25) is 0 Å². The quantitative estimate of drug-likeness (QED) is 0.197. The van der Waals surface area contributed by atoms with E-state index in [-0.39, 0.29) is 12.5 Å². The molecule has 98 valence electrons. The van der Waals surface area contributed by atoms with E-state index in [0.717, 1.165) is 0 Å². The van der Waals surface area contributed by atoms with Gasteiger partial charge in [0.25, 0.3) is 5.91 Å². The summed E-state index contributed by atoms with van der Waals surface area (Å²) in [5, 5.41) is 11.1. The van der Waals surface area contributed by atoms with E-state index in [4.69, 9.17) is 11.2 Å². The molecule has 1 aliphatic heterocycles. The summed E-state index contributed by atoms with van der Waals surface area (Å²) in [5.74, 6) is 2.78. The molecular weight excluding hydrogens is 244 g/mol. The van der Waals surface area contributed by atoms with E-state index in [1.165, 1.54) is 18.2 Å². The number of terminal acetylenes is 1. The van der Waals surface area contributed by atoms with Gasteiger partial charge in [0.1, 0.15) is 12.8 Å². The van der Waals surface area contributed by atoms with Crippen molar-refractivity contribution < 1.29 is 14.3 Å². The molecule has 1 fully saturated rings. The first-order valence-corrected chi connectivity index (χ1v) is 5.84. The molecule has 0 N–H and O–H groups in total. The lowest BCUT2D eigenvalue weighted by Gasteiger charge is -2.42. The highest BCUT2D eigenvalue weighted by Gasteiger charge is 2.50. The Kier molecular flexibility index (Phi) is 3.71. The van der Waals surface area contributed by atoms with Crippen molar-refractivity contribution in [2.45, 2.75) is 12.1 Å². The molecule has 1 saturated heterocycles. The lowest BCUT2D eigenvalue weighted by Crippen LogP contribution is -2.68. The van der Waals surface area contributed by atoms with E-state index in [1.54, 1.807) is 12.1 Å². The molecule has 0 spiro atoms. The smallest absolute Gasteiger partial charge is 0.268 e. The summed E-state index contributed by atoms with van der Waals surface area (Å²) >= 11 is 0. The van der Waals surface area contributed by atoms with Gasteiger partial charge in [0.15, 0.2) is 12.3 Å². The number of amides is 1. The number of likely N-dealkylation sites (tertiary alicyclic amines) is 1. The third-order valence-electron chi connectivity index (χ3n) is 2.83. The highest BCUT2D eigenvalue weighted by Crippen LogP contribution is 2.24. The van der Waals surface area contributed by atoms with Gasteiger partial charge in [-0.3, -0.25) is 4.79 Å².